The molecule has 68 valence electrons. The lowest BCUT2D eigenvalue weighted by atomic mass is 9.93. The van der Waals surface area contributed by atoms with Crippen LogP contribution in [-0.2, 0) is 5.41 Å². The Morgan fingerprint density at radius 3 is 2.25 bits per heavy atom. The number of aromatic nitrogens is 1. The van der Waals surface area contributed by atoms with E-state index in [0.717, 1.165) is 0 Å². The Kier molecular flexibility index (Phi) is 2.08. The van der Waals surface area contributed by atoms with Gasteiger partial charge in [-0.3, -0.25) is 0 Å². The van der Waals surface area contributed by atoms with E-state index in [-0.39, 0.29) is 11.5 Å². The average Bonchev–Trinajstić information content (AvgIpc) is 2.29. The Balaban J connectivity index is 3.08. The topological polar surface area (TPSA) is 35.3 Å². The van der Waals surface area contributed by atoms with Crippen molar-refractivity contribution in [1.82, 2.24) is 4.98 Å². The second-order valence-electron chi connectivity index (χ2n) is 3.56. The Bertz CT molecular complexity index is 275. The van der Waals surface area contributed by atoms with Gasteiger partial charge in [-0.15, -0.1) is 0 Å². The highest BCUT2D eigenvalue weighted by Gasteiger charge is 2.25. The van der Waals surface area contributed by atoms with Crippen molar-refractivity contribution in [1.29, 1.82) is 0 Å². The highest BCUT2D eigenvalue weighted by molar-refractivity contribution is 5.12. The molecule has 12 heavy (non-hydrogen) atoms. The smallest absolute Gasteiger partial charge is 0.396 e. The van der Waals surface area contributed by atoms with E-state index in [1.807, 2.05) is 20.8 Å². The van der Waals surface area contributed by atoms with E-state index in [9.17, 15) is 4.39 Å². The van der Waals surface area contributed by atoms with Crippen LogP contribution in [0.15, 0.2) is 4.42 Å². The summed E-state index contributed by atoms with van der Waals surface area (Å²) in [5.41, 5.74) is -0.0657. The molecule has 0 saturated heterocycles. The predicted octanol–water partition coefficient (Wildman–Crippen LogP) is 2.12. The van der Waals surface area contributed by atoms with Crippen LogP contribution in [0, 0.1) is 6.01 Å². The van der Waals surface area contributed by atoms with Gasteiger partial charge in [-0.1, -0.05) is 20.8 Å². The minimum absolute atomic E-state index is 0.0302. The number of nitrogens with zero attached hydrogens (tertiary/aromatic N) is 1. The number of methoxy groups -OCH3 is 1. The fraction of sp³-hybridized carbons (Fsp3) is 0.625. The molecule has 0 saturated carbocycles. The number of oxazole rings is 1. The van der Waals surface area contributed by atoms with Crippen LogP contribution >= 0.6 is 0 Å². The molecule has 0 radical (unpaired) electrons. The SMILES string of the molecule is COc1nc(C(C)(C)C)c(F)o1. The molecule has 1 aromatic heterocycles. The van der Waals surface area contributed by atoms with Crippen molar-refractivity contribution < 1.29 is 13.5 Å². The van der Waals surface area contributed by atoms with E-state index in [0.29, 0.717) is 5.69 Å². The van der Waals surface area contributed by atoms with Gasteiger partial charge in [0.1, 0.15) is 5.69 Å². The van der Waals surface area contributed by atoms with E-state index < -0.39 is 6.01 Å². The highest BCUT2D eigenvalue weighted by Crippen LogP contribution is 2.26. The lowest BCUT2D eigenvalue weighted by Crippen LogP contribution is -2.13. The van der Waals surface area contributed by atoms with Crippen molar-refractivity contribution in [3.05, 3.63) is 11.7 Å². The third kappa shape index (κ3) is 1.57. The summed E-state index contributed by atoms with van der Waals surface area (Å²) in [5.74, 6) is 0. The van der Waals surface area contributed by atoms with Crippen LogP contribution in [0.3, 0.4) is 0 Å². The molecule has 0 bridgehead atoms. The number of halogens is 1. The largest absolute Gasteiger partial charge is 0.453 e. The minimum Gasteiger partial charge on any atom is -0.453 e. The second-order valence-corrected chi connectivity index (χ2v) is 3.56. The van der Waals surface area contributed by atoms with Crippen LogP contribution in [-0.4, -0.2) is 12.1 Å². The van der Waals surface area contributed by atoms with E-state index >= 15 is 0 Å². The first-order chi connectivity index (χ1) is 5.45. The minimum atomic E-state index is -0.667. The van der Waals surface area contributed by atoms with Crippen molar-refractivity contribution in [2.75, 3.05) is 7.11 Å². The first-order valence-electron chi connectivity index (χ1n) is 3.66. The number of rotatable bonds is 1. The van der Waals surface area contributed by atoms with Crippen LogP contribution in [0.1, 0.15) is 26.5 Å². The van der Waals surface area contributed by atoms with Gasteiger partial charge >= 0.3 is 12.1 Å². The van der Waals surface area contributed by atoms with Gasteiger partial charge in [0, 0.05) is 5.41 Å². The monoisotopic (exact) mass is 173 g/mol. The fourth-order valence-electron chi connectivity index (χ4n) is 0.833. The van der Waals surface area contributed by atoms with Gasteiger partial charge in [0.05, 0.1) is 7.11 Å². The third-order valence-electron chi connectivity index (χ3n) is 1.45. The van der Waals surface area contributed by atoms with Gasteiger partial charge in [0.15, 0.2) is 0 Å². The van der Waals surface area contributed by atoms with Crippen molar-refractivity contribution in [3.63, 3.8) is 0 Å². The molecule has 0 aliphatic heterocycles. The molecule has 1 rings (SSSR count). The van der Waals surface area contributed by atoms with Crippen LogP contribution < -0.4 is 4.74 Å². The van der Waals surface area contributed by atoms with Gasteiger partial charge in [-0.05, 0) is 0 Å². The normalized spacial score (nSPS) is 11.8. The summed E-state index contributed by atoms with van der Waals surface area (Å²) in [6.45, 7) is 5.56. The van der Waals surface area contributed by atoms with Crippen molar-refractivity contribution in [3.8, 4) is 6.08 Å². The Morgan fingerprint density at radius 1 is 1.42 bits per heavy atom. The number of hydrogen-bond acceptors (Lipinski definition) is 3. The van der Waals surface area contributed by atoms with Crippen LogP contribution in [0.2, 0.25) is 0 Å². The van der Waals surface area contributed by atoms with Crippen molar-refractivity contribution in [2.45, 2.75) is 26.2 Å². The molecule has 0 unspecified atom stereocenters. The number of hydrogen-bond donors (Lipinski definition) is 0. The van der Waals surface area contributed by atoms with Gasteiger partial charge in [0.2, 0.25) is 0 Å². The lowest BCUT2D eigenvalue weighted by molar-refractivity contribution is 0.241. The molecule has 3 nitrogen and oxygen atoms in total. The van der Waals surface area contributed by atoms with Crippen molar-refractivity contribution in [2.24, 2.45) is 0 Å². The van der Waals surface area contributed by atoms with Crippen molar-refractivity contribution >= 4 is 0 Å². The molecule has 0 amide bonds. The first-order valence-corrected chi connectivity index (χ1v) is 3.66. The highest BCUT2D eigenvalue weighted by atomic mass is 19.1. The third-order valence-corrected chi connectivity index (χ3v) is 1.45. The first kappa shape index (κ1) is 9.03. The van der Waals surface area contributed by atoms with Gasteiger partial charge < -0.3 is 9.15 Å². The predicted molar refractivity (Wildman–Crippen MR) is 41.7 cm³/mol. The molecule has 0 spiro atoms. The van der Waals surface area contributed by atoms with Gasteiger partial charge in [-0.25, -0.2) is 0 Å². The molecule has 0 aromatic carbocycles. The fourth-order valence-corrected chi connectivity index (χ4v) is 0.833. The second kappa shape index (κ2) is 2.77. The Morgan fingerprint density at radius 2 is 2.00 bits per heavy atom. The van der Waals surface area contributed by atoms with Crippen LogP contribution in [0.25, 0.3) is 0 Å². The quantitative estimate of drug-likeness (QED) is 0.652. The van der Waals surface area contributed by atoms with Crippen LogP contribution in [0.4, 0.5) is 4.39 Å². The van der Waals surface area contributed by atoms with E-state index in [2.05, 4.69) is 14.1 Å². The number of ether oxygens (including phenoxy) is 1. The maximum atomic E-state index is 13.0. The van der Waals surface area contributed by atoms with Gasteiger partial charge in [0.25, 0.3) is 0 Å². The average molecular weight is 173 g/mol. The molecule has 0 fully saturated rings. The molecule has 0 aliphatic rings. The zero-order valence-corrected chi connectivity index (χ0v) is 7.64. The molecule has 0 atom stereocenters. The summed E-state index contributed by atoms with van der Waals surface area (Å²) in [6.07, 6.45) is -0.0302. The van der Waals surface area contributed by atoms with E-state index in [1.54, 1.807) is 0 Å². The maximum Gasteiger partial charge on any atom is 0.396 e. The molecule has 4 heteroatoms. The van der Waals surface area contributed by atoms with Crippen LogP contribution in [0.5, 0.6) is 6.08 Å². The summed E-state index contributed by atoms with van der Waals surface area (Å²) < 4.78 is 22.2. The summed E-state index contributed by atoms with van der Waals surface area (Å²) in [5, 5.41) is 0. The summed E-state index contributed by atoms with van der Waals surface area (Å²) in [7, 11) is 1.39. The molecule has 1 aromatic rings. The summed E-state index contributed by atoms with van der Waals surface area (Å²) >= 11 is 0. The maximum absolute atomic E-state index is 13.0. The standard InChI is InChI=1S/C8H12FNO2/c1-8(2,3)5-6(9)12-7(10-5)11-4/h1-4H3. The zero-order chi connectivity index (χ0) is 9.35. The lowest BCUT2D eigenvalue weighted by Gasteiger charge is -2.12. The zero-order valence-electron chi connectivity index (χ0n) is 7.64. The molecule has 0 aliphatic carbocycles. The van der Waals surface area contributed by atoms with E-state index in [1.165, 1.54) is 7.11 Å². The molecular formula is C8H12FNO2. The molecule has 0 N–H and O–H groups in total. The molecular weight excluding hydrogens is 161 g/mol. The van der Waals surface area contributed by atoms with E-state index in [4.69, 9.17) is 0 Å². The summed E-state index contributed by atoms with van der Waals surface area (Å²) in [4.78, 5) is 3.84. The summed E-state index contributed by atoms with van der Waals surface area (Å²) in [6, 6.07) is -0.667. The molecule has 1 heterocycles. The van der Waals surface area contributed by atoms with Gasteiger partial charge in [-0.2, -0.15) is 9.37 Å². The Labute approximate surface area is 70.5 Å². The Hall–Kier alpha value is -1.06.